The maximum absolute atomic E-state index is 11.7. The van der Waals surface area contributed by atoms with E-state index in [9.17, 15) is 8.42 Å². The van der Waals surface area contributed by atoms with Crippen molar-refractivity contribution in [3.63, 3.8) is 0 Å². The zero-order valence-electron chi connectivity index (χ0n) is 9.85. The number of rotatable bonds is 6. The maximum Gasteiger partial charge on any atom is 0.236 e. The van der Waals surface area contributed by atoms with Crippen LogP contribution in [-0.2, 0) is 14.8 Å². The van der Waals surface area contributed by atoms with Crippen LogP contribution in [0, 0.1) is 0 Å². The van der Waals surface area contributed by atoms with Crippen LogP contribution in [0.3, 0.4) is 0 Å². The molecule has 1 aromatic heterocycles. The van der Waals surface area contributed by atoms with Crippen molar-refractivity contribution in [1.29, 1.82) is 0 Å². The van der Waals surface area contributed by atoms with Crippen molar-refractivity contribution in [3.05, 3.63) is 15.4 Å². The first-order chi connectivity index (χ1) is 8.30. The van der Waals surface area contributed by atoms with Gasteiger partial charge >= 0.3 is 0 Å². The summed E-state index contributed by atoms with van der Waals surface area (Å²) in [6.45, 7) is 3.82. The van der Waals surface area contributed by atoms with E-state index in [0.29, 0.717) is 9.21 Å². The summed E-state index contributed by atoms with van der Waals surface area (Å²) >= 11 is 6.26. The van der Waals surface area contributed by atoms with Crippen LogP contribution in [0.25, 0.3) is 0 Å². The summed E-state index contributed by atoms with van der Waals surface area (Å²) in [6, 6.07) is 0. The number of anilines is 1. The van der Waals surface area contributed by atoms with Crippen molar-refractivity contribution in [2.75, 3.05) is 17.1 Å². The average Bonchev–Trinajstić information content (AvgIpc) is 2.21. The van der Waals surface area contributed by atoms with Gasteiger partial charge in [-0.15, -0.1) is 0 Å². The van der Waals surface area contributed by atoms with E-state index in [2.05, 4.69) is 46.5 Å². The average molecular weight is 403 g/mol. The summed E-state index contributed by atoms with van der Waals surface area (Å²) in [5, 5.41) is 0. The standard InChI is InChI=1S/C9H13Br2N3O3S/c1-6(2)17-3-4-18(15,16)14-9-8(11)13-7(10)5-12-9/h5-6H,3-4H2,1-2H3,(H,12,14). The van der Waals surface area contributed by atoms with E-state index in [1.54, 1.807) is 0 Å². The fourth-order valence-electron chi connectivity index (χ4n) is 1.01. The minimum absolute atomic E-state index is 0.000548. The second-order valence-corrected chi connectivity index (χ2v) is 7.08. The first-order valence-corrected chi connectivity index (χ1v) is 8.34. The van der Waals surface area contributed by atoms with Gasteiger partial charge < -0.3 is 4.74 Å². The summed E-state index contributed by atoms with van der Waals surface area (Å²) in [6.07, 6.45) is 1.41. The molecular weight excluding hydrogens is 390 g/mol. The van der Waals surface area contributed by atoms with Crippen LogP contribution in [0.15, 0.2) is 15.4 Å². The molecule has 9 heteroatoms. The molecule has 0 aliphatic carbocycles. The zero-order valence-corrected chi connectivity index (χ0v) is 13.8. The van der Waals surface area contributed by atoms with Crippen molar-refractivity contribution in [1.82, 2.24) is 9.97 Å². The SMILES string of the molecule is CC(C)OCCS(=O)(=O)Nc1ncc(Br)nc1Br. The van der Waals surface area contributed by atoms with Gasteiger partial charge in [-0.25, -0.2) is 18.4 Å². The molecule has 1 N–H and O–H groups in total. The highest BCUT2D eigenvalue weighted by Crippen LogP contribution is 2.20. The first kappa shape index (κ1) is 15.8. The molecule has 0 radical (unpaired) electrons. The molecule has 0 atom stereocenters. The van der Waals surface area contributed by atoms with Crippen molar-refractivity contribution in [2.45, 2.75) is 20.0 Å². The van der Waals surface area contributed by atoms with Crippen molar-refractivity contribution in [2.24, 2.45) is 0 Å². The molecule has 0 spiro atoms. The van der Waals surface area contributed by atoms with E-state index in [4.69, 9.17) is 4.74 Å². The Morgan fingerprint density at radius 3 is 2.67 bits per heavy atom. The van der Waals surface area contributed by atoms with E-state index in [1.165, 1.54) is 6.20 Å². The van der Waals surface area contributed by atoms with E-state index < -0.39 is 10.0 Å². The van der Waals surface area contributed by atoms with Gasteiger partial charge in [-0.1, -0.05) is 0 Å². The predicted molar refractivity (Wildman–Crippen MR) is 75.9 cm³/mol. The highest BCUT2D eigenvalue weighted by atomic mass is 79.9. The Hall–Kier alpha value is -0.250. The van der Waals surface area contributed by atoms with Gasteiger partial charge in [0, 0.05) is 0 Å². The summed E-state index contributed by atoms with van der Waals surface area (Å²) in [4.78, 5) is 7.90. The molecule has 0 amide bonds. The number of halogens is 2. The minimum Gasteiger partial charge on any atom is -0.378 e. The number of hydrogen-bond donors (Lipinski definition) is 1. The van der Waals surface area contributed by atoms with E-state index >= 15 is 0 Å². The Balaban J connectivity index is 2.65. The molecule has 0 saturated heterocycles. The van der Waals surface area contributed by atoms with Crippen LogP contribution in [0.5, 0.6) is 0 Å². The van der Waals surface area contributed by atoms with Gasteiger partial charge in [0.25, 0.3) is 0 Å². The summed E-state index contributed by atoms with van der Waals surface area (Å²) in [5.74, 6) is 0.0257. The molecule has 6 nitrogen and oxygen atoms in total. The molecule has 0 bridgehead atoms. The number of sulfonamides is 1. The third kappa shape index (κ3) is 5.59. The number of nitrogens with zero attached hydrogens (tertiary/aromatic N) is 2. The van der Waals surface area contributed by atoms with Crippen LogP contribution in [0.2, 0.25) is 0 Å². The molecule has 102 valence electrons. The number of nitrogens with one attached hydrogen (secondary N) is 1. The molecule has 0 aromatic carbocycles. The molecule has 0 fully saturated rings. The topological polar surface area (TPSA) is 81.2 Å². The highest BCUT2D eigenvalue weighted by molar-refractivity contribution is 9.11. The molecule has 18 heavy (non-hydrogen) atoms. The Morgan fingerprint density at radius 2 is 2.11 bits per heavy atom. The maximum atomic E-state index is 11.7. The Kier molecular flexibility index (Phi) is 5.96. The van der Waals surface area contributed by atoms with E-state index in [0.717, 1.165) is 0 Å². The zero-order chi connectivity index (χ0) is 13.8. The summed E-state index contributed by atoms with van der Waals surface area (Å²) < 4.78 is 31.8. The molecule has 1 aromatic rings. The van der Waals surface area contributed by atoms with Crippen LogP contribution >= 0.6 is 31.9 Å². The lowest BCUT2D eigenvalue weighted by Crippen LogP contribution is -2.22. The Bertz CT molecular complexity index is 508. The molecule has 0 aliphatic rings. The van der Waals surface area contributed by atoms with Crippen LogP contribution in [0.1, 0.15) is 13.8 Å². The van der Waals surface area contributed by atoms with Gasteiger partial charge in [0.2, 0.25) is 10.0 Å². The Morgan fingerprint density at radius 1 is 1.44 bits per heavy atom. The lowest BCUT2D eigenvalue weighted by molar-refractivity contribution is 0.0913. The third-order valence-electron chi connectivity index (χ3n) is 1.76. The second kappa shape index (κ2) is 6.78. The first-order valence-electron chi connectivity index (χ1n) is 5.10. The molecule has 0 aliphatic heterocycles. The number of hydrogen-bond acceptors (Lipinski definition) is 5. The largest absolute Gasteiger partial charge is 0.378 e. The quantitative estimate of drug-likeness (QED) is 0.788. The number of aromatic nitrogens is 2. The molecule has 1 heterocycles. The van der Waals surface area contributed by atoms with Gasteiger partial charge in [-0.3, -0.25) is 4.72 Å². The predicted octanol–water partition coefficient (Wildman–Crippen LogP) is 2.17. The van der Waals surface area contributed by atoms with Crippen molar-refractivity contribution >= 4 is 47.7 Å². The van der Waals surface area contributed by atoms with Crippen molar-refractivity contribution in [3.8, 4) is 0 Å². The molecular formula is C9H13Br2N3O3S. The molecule has 1 rings (SSSR count). The van der Waals surface area contributed by atoms with Crippen LogP contribution < -0.4 is 4.72 Å². The fourth-order valence-corrected chi connectivity index (χ4v) is 2.91. The minimum atomic E-state index is -3.49. The van der Waals surface area contributed by atoms with Gasteiger partial charge in [0.15, 0.2) is 10.4 Å². The highest BCUT2D eigenvalue weighted by Gasteiger charge is 2.14. The summed E-state index contributed by atoms with van der Waals surface area (Å²) in [7, 11) is -3.49. The smallest absolute Gasteiger partial charge is 0.236 e. The van der Waals surface area contributed by atoms with E-state index in [1.807, 2.05) is 13.8 Å². The van der Waals surface area contributed by atoms with E-state index in [-0.39, 0.29) is 24.3 Å². The van der Waals surface area contributed by atoms with Crippen molar-refractivity contribution < 1.29 is 13.2 Å². The lowest BCUT2D eigenvalue weighted by atomic mass is 10.5. The normalized spacial score (nSPS) is 11.8. The summed E-state index contributed by atoms with van der Waals surface area (Å²) in [5.41, 5.74) is 0. The van der Waals surface area contributed by atoms with Gasteiger partial charge in [0.1, 0.15) is 4.60 Å². The monoisotopic (exact) mass is 401 g/mol. The molecule has 0 unspecified atom stereocenters. The van der Waals surface area contributed by atoms with Gasteiger partial charge in [-0.05, 0) is 45.7 Å². The van der Waals surface area contributed by atoms with Crippen LogP contribution in [0.4, 0.5) is 5.82 Å². The van der Waals surface area contributed by atoms with Gasteiger partial charge in [0.05, 0.1) is 24.7 Å². The number of ether oxygens (including phenoxy) is 1. The molecule has 0 saturated carbocycles. The van der Waals surface area contributed by atoms with Gasteiger partial charge in [-0.2, -0.15) is 0 Å². The lowest BCUT2D eigenvalue weighted by Gasteiger charge is -2.10. The fraction of sp³-hybridized carbons (Fsp3) is 0.556. The Labute approximate surface area is 123 Å². The second-order valence-electron chi connectivity index (χ2n) is 3.67. The van der Waals surface area contributed by atoms with Crippen LogP contribution in [-0.4, -0.2) is 36.8 Å². The third-order valence-corrected chi connectivity index (χ3v) is 3.90.